The third-order valence-electron chi connectivity index (χ3n) is 3.84. The van der Waals surface area contributed by atoms with E-state index >= 15 is 0 Å². The summed E-state index contributed by atoms with van der Waals surface area (Å²) in [5.41, 5.74) is 1.78. The molecule has 1 aromatic heterocycles. The first-order valence-corrected chi connectivity index (χ1v) is 7.99. The van der Waals surface area contributed by atoms with Crippen molar-refractivity contribution >= 4 is 16.9 Å². The minimum atomic E-state index is -0.326. The molecule has 0 spiro atoms. The van der Waals surface area contributed by atoms with Crippen LogP contribution in [0, 0.1) is 0 Å². The monoisotopic (exact) mass is 322 g/mol. The van der Waals surface area contributed by atoms with Gasteiger partial charge in [0, 0.05) is 18.9 Å². The zero-order valence-corrected chi connectivity index (χ0v) is 13.7. The van der Waals surface area contributed by atoms with E-state index in [0.29, 0.717) is 34.5 Å². The molecule has 0 amide bonds. The number of rotatable bonds is 4. The average molecular weight is 322 g/mol. The second-order valence-electron chi connectivity index (χ2n) is 5.43. The molecule has 0 bridgehead atoms. The van der Waals surface area contributed by atoms with Gasteiger partial charge in [-0.1, -0.05) is 44.2 Å². The van der Waals surface area contributed by atoms with E-state index in [-0.39, 0.29) is 17.8 Å². The van der Waals surface area contributed by atoms with E-state index in [1.807, 2.05) is 37.3 Å². The molecule has 4 nitrogen and oxygen atoms in total. The summed E-state index contributed by atoms with van der Waals surface area (Å²) < 4.78 is 11.1. The van der Waals surface area contributed by atoms with Crippen LogP contribution in [0.15, 0.2) is 57.7 Å². The summed E-state index contributed by atoms with van der Waals surface area (Å²) in [7, 11) is 0. The molecule has 3 rings (SSSR count). The van der Waals surface area contributed by atoms with Gasteiger partial charge in [0.2, 0.25) is 5.43 Å². The Morgan fingerprint density at radius 2 is 1.83 bits per heavy atom. The molecule has 0 aliphatic rings. The van der Waals surface area contributed by atoms with Gasteiger partial charge < -0.3 is 9.15 Å². The van der Waals surface area contributed by atoms with Gasteiger partial charge in [-0.3, -0.25) is 9.59 Å². The average Bonchev–Trinajstić information content (AvgIpc) is 2.61. The van der Waals surface area contributed by atoms with Gasteiger partial charge in [-0.15, -0.1) is 0 Å². The number of fused-ring (bicyclic) bond motifs is 1. The van der Waals surface area contributed by atoms with Gasteiger partial charge in [0.05, 0.1) is 10.9 Å². The van der Waals surface area contributed by atoms with E-state index in [0.717, 1.165) is 5.56 Å². The number of benzene rings is 2. The summed E-state index contributed by atoms with van der Waals surface area (Å²) in [5.74, 6) is 0.679. The first kappa shape index (κ1) is 16.0. The third-order valence-corrected chi connectivity index (χ3v) is 3.84. The molecule has 0 atom stereocenters. The predicted molar refractivity (Wildman–Crippen MR) is 93.2 cm³/mol. The van der Waals surface area contributed by atoms with Crippen molar-refractivity contribution in [2.75, 3.05) is 0 Å². The van der Waals surface area contributed by atoms with E-state index in [4.69, 9.17) is 9.15 Å². The van der Waals surface area contributed by atoms with Crippen LogP contribution in [0.1, 0.15) is 26.0 Å². The highest BCUT2D eigenvalue weighted by Crippen LogP contribution is 2.27. The van der Waals surface area contributed by atoms with Crippen LogP contribution in [-0.2, 0) is 11.2 Å². The molecule has 3 aromatic rings. The highest BCUT2D eigenvalue weighted by atomic mass is 16.5. The zero-order chi connectivity index (χ0) is 17.1. The Kier molecular flexibility index (Phi) is 4.47. The topological polar surface area (TPSA) is 56.5 Å². The third kappa shape index (κ3) is 2.95. The van der Waals surface area contributed by atoms with Crippen LogP contribution in [0.2, 0.25) is 0 Å². The zero-order valence-electron chi connectivity index (χ0n) is 13.7. The summed E-state index contributed by atoms with van der Waals surface area (Å²) in [6.45, 7) is 3.67. The molecule has 0 aliphatic carbocycles. The smallest absolute Gasteiger partial charge is 0.310 e. The standard InChI is InChI=1S/C20H18O4/c1-3-16-19(13-8-6-5-7-9-13)20(22)15-11-10-14(12-17(15)24-16)23-18(21)4-2/h5-12H,3-4H2,1-2H3. The van der Waals surface area contributed by atoms with Crippen LogP contribution < -0.4 is 10.2 Å². The summed E-state index contributed by atoms with van der Waals surface area (Å²) in [6, 6.07) is 14.4. The molecule has 24 heavy (non-hydrogen) atoms. The molecule has 0 unspecified atom stereocenters. The number of carbonyl (C=O) groups excluding carboxylic acids is 1. The van der Waals surface area contributed by atoms with Gasteiger partial charge >= 0.3 is 5.97 Å². The number of hydrogen-bond acceptors (Lipinski definition) is 4. The summed E-state index contributed by atoms with van der Waals surface area (Å²) in [4.78, 5) is 24.4. The van der Waals surface area contributed by atoms with Gasteiger partial charge in [0.25, 0.3) is 0 Å². The lowest BCUT2D eigenvalue weighted by molar-refractivity contribution is -0.134. The molecule has 1 heterocycles. The quantitative estimate of drug-likeness (QED) is 0.530. The minimum absolute atomic E-state index is 0.0762. The molecular weight excluding hydrogens is 304 g/mol. The first-order valence-electron chi connectivity index (χ1n) is 7.99. The lowest BCUT2D eigenvalue weighted by atomic mass is 10.0. The highest BCUT2D eigenvalue weighted by molar-refractivity contribution is 5.84. The number of esters is 1. The Morgan fingerprint density at radius 3 is 2.50 bits per heavy atom. The van der Waals surface area contributed by atoms with Crippen molar-refractivity contribution in [3.05, 3.63) is 64.5 Å². The van der Waals surface area contributed by atoms with Crippen molar-refractivity contribution in [3.63, 3.8) is 0 Å². The fraction of sp³-hybridized carbons (Fsp3) is 0.200. The maximum Gasteiger partial charge on any atom is 0.310 e. The van der Waals surface area contributed by atoms with E-state index in [9.17, 15) is 9.59 Å². The van der Waals surface area contributed by atoms with Crippen LogP contribution >= 0.6 is 0 Å². The van der Waals surface area contributed by atoms with E-state index < -0.39 is 0 Å². The Morgan fingerprint density at radius 1 is 1.08 bits per heavy atom. The van der Waals surface area contributed by atoms with Gasteiger partial charge in [-0.2, -0.15) is 0 Å². The number of aryl methyl sites for hydroxylation is 1. The molecule has 0 N–H and O–H groups in total. The summed E-state index contributed by atoms with van der Waals surface area (Å²) in [6.07, 6.45) is 0.878. The molecule has 0 fully saturated rings. The Balaban J connectivity index is 2.19. The second-order valence-corrected chi connectivity index (χ2v) is 5.43. The van der Waals surface area contributed by atoms with Gasteiger partial charge in [-0.25, -0.2) is 0 Å². The Labute approximate surface area is 139 Å². The first-order chi connectivity index (χ1) is 11.6. The molecule has 0 radical (unpaired) electrons. The normalized spacial score (nSPS) is 10.8. The van der Waals surface area contributed by atoms with Crippen molar-refractivity contribution in [1.29, 1.82) is 0 Å². The molecule has 4 heteroatoms. The highest BCUT2D eigenvalue weighted by Gasteiger charge is 2.15. The Hall–Kier alpha value is -2.88. The largest absolute Gasteiger partial charge is 0.460 e. The molecule has 0 aliphatic heterocycles. The maximum absolute atomic E-state index is 12.9. The van der Waals surface area contributed by atoms with Gasteiger partial charge in [-0.05, 0) is 17.7 Å². The van der Waals surface area contributed by atoms with E-state index in [2.05, 4.69) is 0 Å². The second kappa shape index (κ2) is 6.71. The number of hydrogen-bond donors (Lipinski definition) is 0. The maximum atomic E-state index is 12.9. The predicted octanol–water partition coefficient (Wildman–Crippen LogP) is 4.34. The number of carbonyl (C=O) groups is 1. The van der Waals surface area contributed by atoms with Crippen molar-refractivity contribution in [2.45, 2.75) is 26.7 Å². The lowest BCUT2D eigenvalue weighted by Gasteiger charge is -2.10. The van der Waals surface area contributed by atoms with Crippen molar-refractivity contribution in [2.24, 2.45) is 0 Å². The Bertz CT molecular complexity index is 939. The summed E-state index contributed by atoms with van der Waals surface area (Å²) in [5, 5.41) is 0.474. The van der Waals surface area contributed by atoms with Crippen molar-refractivity contribution in [1.82, 2.24) is 0 Å². The van der Waals surface area contributed by atoms with Crippen molar-refractivity contribution in [3.8, 4) is 16.9 Å². The van der Waals surface area contributed by atoms with Gasteiger partial charge in [0.15, 0.2) is 0 Å². The molecule has 0 saturated heterocycles. The fourth-order valence-corrected chi connectivity index (χ4v) is 2.63. The van der Waals surface area contributed by atoms with E-state index in [1.54, 1.807) is 25.1 Å². The van der Waals surface area contributed by atoms with Crippen LogP contribution in [0.5, 0.6) is 5.75 Å². The van der Waals surface area contributed by atoms with Crippen LogP contribution in [0.3, 0.4) is 0 Å². The van der Waals surface area contributed by atoms with Crippen LogP contribution in [0.4, 0.5) is 0 Å². The minimum Gasteiger partial charge on any atom is -0.460 e. The van der Waals surface area contributed by atoms with Crippen molar-refractivity contribution < 1.29 is 13.9 Å². The van der Waals surface area contributed by atoms with Gasteiger partial charge in [0.1, 0.15) is 17.1 Å². The molecule has 0 saturated carbocycles. The summed E-state index contributed by atoms with van der Waals surface area (Å²) >= 11 is 0. The molecule has 2 aromatic carbocycles. The molecule has 122 valence electrons. The van der Waals surface area contributed by atoms with Crippen LogP contribution in [-0.4, -0.2) is 5.97 Å². The lowest BCUT2D eigenvalue weighted by Crippen LogP contribution is -2.10. The fourth-order valence-electron chi connectivity index (χ4n) is 2.63. The van der Waals surface area contributed by atoms with E-state index in [1.165, 1.54) is 0 Å². The molecular formula is C20H18O4. The van der Waals surface area contributed by atoms with Crippen LogP contribution in [0.25, 0.3) is 22.1 Å². The SMILES string of the molecule is CCC(=O)Oc1ccc2c(=O)c(-c3ccccc3)c(CC)oc2c1. The number of ether oxygens (including phenoxy) is 1.